The number of likely N-dealkylation sites (N-methyl/N-ethyl adjacent to an activating group) is 1. The number of phenolic OH excluding ortho intramolecular Hbond substituents is 1. The van der Waals surface area contributed by atoms with Gasteiger partial charge in [0.2, 0.25) is 0 Å². The van der Waals surface area contributed by atoms with Gasteiger partial charge in [-0.25, -0.2) is 0 Å². The van der Waals surface area contributed by atoms with Gasteiger partial charge in [-0.15, -0.1) is 0 Å². The minimum absolute atomic E-state index is 0.0238. The van der Waals surface area contributed by atoms with Crippen molar-refractivity contribution in [3.63, 3.8) is 0 Å². The number of nitrogens with zero attached hydrogens (tertiary/aromatic N) is 1. The van der Waals surface area contributed by atoms with Crippen molar-refractivity contribution in [2.75, 3.05) is 30.8 Å². The van der Waals surface area contributed by atoms with Crippen molar-refractivity contribution in [2.24, 2.45) is 0 Å². The van der Waals surface area contributed by atoms with Crippen LogP contribution >= 0.6 is 0 Å². The lowest BCUT2D eigenvalue weighted by atomic mass is 10.1. The maximum atomic E-state index is 12.0. The molecule has 0 bridgehead atoms. The highest BCUT2D eigenvalue weighted by molar-refractivity contribution is 5.99. The summed E-state index contributed by atoms with van der Waals surface area (Å²) in [6.07, 6.45) is 0. The highest BCUT2D eigenvalue weighted by atomic mass is 16.3. The van der Waals surface area contributed by atoms with Crippen LogP contribution in [-0.2, 0) is 0 Å². The average molecular weight is 285 g/mol. The molecule has 5 heteroatoms. The molecular weight excluding hydrogens is 266 g/mol. The molecule has 0 radical (unpaired) electrons. The number of nitrogen functional groups attached to an aromatic ring is 1. The van der Waals surface area contributed by atoms with E-state index < -0.39 is 0 Å². The number of hydrogen-bond acceptors (Lipinski definition) is 4. The molecule has 0 heterocycles. The number of hydrogen-bond donors (Lipinski definition) is 3. The van der Waals surface area contributed by atoms with E-state index in [1.165, 1.54) is 18.2 Å². The van der Waals surface area contributed by atoms with Gasteiger partial charge in [0.15, 0.2) is 0 Å². The van der Waals surface area contributed by atoms with Crippen molar-refractivity contribution >= 4 is 17.3 Å². The van der Waals surface area contributed by atoms with Crippen LogP contribution in [0, 0.1) is 0 Å². The summed E-state index contributed by atoms with van der Waals surface area (Å²) in [6, 6.07) is 14.3. The molecule has 0 spiro atoms. The number of anilines is 2. The van der Waals surface area contributed by atoms with Crippen LogP contribution in [0.25, 0.3) is 0 Å². The number of para-hydroxylation sites is 1. The van der Waals surface area contributed by atoms with Gasteiger partial charge in [-0.1, -0.05) is 18.2 Å². The fourth-order valence-corrected chi connectivity index (χ4v) is 1.98. The molecule has 0 fully saturated rings. The summed E-state index contributed by atoms with van der Waals surface area (Å²) in [5, 5.41) is 12.2. The first kappa shape index (κ1) is 14.7. The van der Waals surface area contributed by atoms with E-state index in [1.54, 1.807) is 0 Å². The topological polar surface area (TPSA) is 78.6 Å². The van der Waals surface area contributed by atoms with E-state index in [4.69, 9.17) is 5.73 Å². The largest absolute Gasteiger partial charge is 0.508 e. The Kier molecular flexibility index (Phi) is 4.66. The molecule has 0 atom stereocenters. The Balaban J connectivity index is 1.88. The Bertz CT molecular complexity index is 614. The van der Waals surface area contributed by atoms with E-state index >= 15 is 0 Å². The number of rotatable bonds is 5. The standard InChI is InChI=1S/C16H19N3O2/c1-19(12-5-3-2-4-6-12)10-9-18-16(21)14-11-13(20)7-8-15(14)17/h2-8,11,20H,9-10,17H2,1H3,(H,18,21). The zero-order chi connectivity index (χ0) is 15.2. The van der Waals surface area contributed by atoms with E-state index in [0.29, 0.717) is 18.8 Å². The van der Waals surface area contributed by atoms with Gasteiger partial charge in [-0.05, 0) is 30.3 Å². The number of aromatic hydroxyl groups is 1. The van der Waals surface area contributed by atoms with Crippen molar-refractivity contribution in [1.29, 1.82) is 0 Å². The average Bonchev–Trinajstić information content (AvgIpc) is 2.50. The summed E-state index contributed by atoms with van der Waals surface area (Å²) < 4.78 is 0. The maximum Gasteiger partial charge on any atom is 0.253 e. The third-order valence-electron chi connectivity index (χ3n) is 3.21. The molecule has 21 heavy (non-hydrogen) atoms. The molecule has 4 N–H and O–H groups in total. The highest BCUT2D eigenvalue weighted by Gasteiger charge is 2.10. The normalized spacial score (nSPS) is 10.1. The maximum absolute atomic E-state index is 12.0. The van der Waals surface area contributed by atoms with Crippen LogP contribution in [0.1, 0.15) is 10.4 Å². The van der Waals surface area contributed by atoms with Crippen LogP contribution in [-0.4, -0.2) is 31.2 Å². The Hall–Kier alpha value is -2.69. The number of carbonyl (C=O) groups is 1. The van der Waals surface area contributed by atoms with Crippen molar-refractivity contribution in [1.82, 2.24) is 5.32 Å². The van der Waals surface area contributed by atoms with Gasteiger partial charge in [0, 0.05) is 31.5 Å². The molecule has 2 aromatic rings. The van der Waals surface area contributed by atoms with E-state index in [-0.39, 0.29) is 17.2 Å². The van der Waals surface area contributed by atoms with Gasteiger partial charge in [0.1, 0.15) is 5.75 Å². The number of carbonyl (C=O) groups excluding carboxylic acids is 1. The lowest BCUT2D eigenvalue weighted by Gasteiger charge is -2.19. The van der Waals surface area contributed by atoms with Gasteiger partial charge in [-0.2, -0.15) is 0 Å². The van der Waals surface area contributed by atoms with Crippen LogP contribution in [0.15, 0.2) is 48.5 Å². The Morgan fingerprint density at radius 2 is 1.95 bits per heavy atom. The predicted molar refractivity (Wildman–Crippen MR) is 84.6 cm³/mol. The third-order valence-corrected chi connectivity index (χ3v) is 3.21. The Morgan fingerprint density at radius 3 is 2.67 bits per heavy atom. The molecule has 1 amide bonds. The molecule has 0 aliphatic rings. The highest BCUT2D eigenvalue weighted by Crippen LogP contribution is 2.18. The zero-order valence-electron chi connectivity index (χ0n) is 11.9. The van der Waals surface area contributed by atoms with Crippen LogP contribution < -0.4 is 16.0 Å². The number of benzene rings is 2. The minimum Gasteiger partial charge on any atom is -0.508 e. The summed E-state index contributed by atoms with van der Waals surface area (Å²) >= 11 is 0. The number of nitrogens with one attached hydrogen (secondary N) is 1. The number of nitrogens with two attached hydrogens (primary N) is 1. The van der Waals surface area contributed by atoms with Crippen molar-refractivity contribution in [3.05, 3.63) is 54.1 Å². The molecule has 110 valence electrons. The first-order chi connectivity index (χ1) is 10.1. The molecule has 0 aliphatic carbocycles. The summed E-state index contributed by atoms with van der Waals surface area (Å²) in [4.78, 5) is 14.1. The van der Waals surface area contributed by atoms with E-state index in [0.717, 1.165) is 5.69 Å². The second-order valence-corrected chi connectivity index (χ2v) is 4.78. The summed E-state index contributed by atoms with van der Waals surface area (Å²) in [5.74, 6) is -0.263. The fourth-order valence-electron chi connectivity index (χ4n) is 1.98. The molecule has 0 aliphatic heterocycles. The lowest BCUT2D eigenvalue weighted by Crippen LogP contribution is -2.33. The van der Waals surface area contributed by atoms with Crippen LogP contribution in [0.2, 0.25) is 0 Å². The first-order valence-electron chi connectivity index (χ1n) is 6.71. The fraction of sp³-hybridized carbons (Fsp3) is 0.188. The van der Waals surface area contributed by atoms with Crippen molar-refractivity contribution < 1.29 is 9.90 Å². The Morgan fingerprint density at radius 1 is 1.24 bits per heavy atom. The van der Waals surface area contributed by atoms with Gasteiger partial charge in [0.05, 0.1) is 5.56 Å². The minimum atomic E-state index is -0.287. The molecule has 2 rings (SSSR count). The van der Waals surface area contributed by atoms with E-state index in [1.807, 2.05) is 42.3 Å². The lowest BCUT2D eigenvalue weighted by molar-refractivity contribution is 0.0955. The van der Waals surface area contributed by atoms with Gasteiger partial charge in [0.25, 0.3) is 5.91 Å². The monoisotopic (exact) mass is 285 g/mol. The molecule has 2 aromatic carbocycles. The molecule has 0 unspecified atom stereocenters. The molecule has 0 saturated carbocycles. The predicted octanol–water partition coefficient (Wildman–Crippen LogP) is 1.84. The van der Waals surface area contributed by atoms with Crippen molar-refractivity contribution in [2.45, 2.75) is 0 Å². The second kappa shape index (κ2) is 6.65. The van der Waals surface area contributed by atoms with Crippen LogP contribution in [0.5, 0.6) is 5.75 Å². The second-order valence-electron chi connectivity index (χ2n) is 4.78. The van der Waals surface area contributed by atoms with E-state index in [2.05, 4.69) is 5.32 Å². The smallest absolute Gasteiger partial charge is 0.253 e. The van der Waals surface area contributed by atoms with Gasteiger partial charge < -0.3 is 21.1 Å². The zero-order valence-corrected chi connectivity index (χ0v) is 11.9. The third kappa shape index (κ3) is 3.89. The molecule has 5 nitrogen and oxygen atoms in total. The SMILES string of the molecule is CN(CCNC(=O)c1cc(O)ccc1N)c1ccccc1. The van der Waals surface area contributed by atoms with Gasteiger partial charge >= 0.3 is 0 Å². The summed E-state index contributed by atoms with van der Waals surface area (Å²) in [5.41, 5.74) is 7.46. The molecular formula is C16H19N3O2. The molecule has 0 aromatic heterocycles. The van der Waals surface area contributed by atoms with E-state index in [9.17, 15) is 9.90 Å². The molecule has 0 saturated heterocycles. The summed E-state index contributed by atoms with van der Waals surface area (Å²) in [6.45, 7) is 1.16. The number of amides is 1. The quantitative estimate of drug-likeness (QED) is 0.578. The van der Waals surface area contributed by atoms with Crippen LogP contribution in [0.3, 0.4) is 0 Å². The summed E-state index contributed by atoms with van der Waals surface area (Å²) in [7, 11) is 1.96. The Labute approximate surface area is 124 Å². The van der Waals surface area contributed by atoms with Crippen LogP contribution in [0.4, 0.5) is 11.4 Å². The first-order valence-corrected chi connectivity index (χ1v) is 6.71. The van der Waals surface area contributed by atoms with Crippen molar-refractivity contribution in [3.8, 4) is 5.75 Å². The van der Waals surface area contributed by atoms with Gasteiger partial charge in [-0.3, -0.25) is 4.79 Å². The number of phenols is 1.